The number of carbonyl (C=O) groups excluding carboxylic acids is 2. The lowest BCUT2D eigenvalue weighted by molar-refractivity contribution is -0.119. The van der Waals surface area contributed by atoms with Crippen molar-refractivity contribution in [1.82, 2.24) is 0 Å². The highest BCUT2D eigenvalue weighted by Gasteiger charge is 2.36. The normalized spacial score (nSPS) is 15.9. The molecule has 138 valence electrons. The second kappa shape index (κ2) is 7.03. The van der Waals surface area contributed by atoms with Crippen molar-refractivity contribution < 1.29 is 9.59 Å². The lowest BCUT2D eigenvalue weighted by Gasteiger charge is -2.18. The van der Waals surface area contributed by atoms with Gasteiger partial charge in [0.05, 0.1) is 0 Å². The zero-order valence-electron chi connectivity index (χ0n) is 15.8. The first-order valence-corrected chi connectivity index (χ1v) is 9.56. The lowest BCUT2D eigenvalue weighted by atomic mass is 10.0. The van der Waals surface area contributed by atoms with Crippen LogP contribution in [0.5, 0.6) is 0 Å². The van der Waals surface area contributed by atoms with Crippen LogP contribution in [0.2, 0.25) is 0 Å². The minimum absolute atomic E-state index is 0.127. The van der Waals surface area contributed by atoms with Gasteiger partial charge in [0.1, 0.15) is 0 Å². The van der Waals surface area contributed by atoms with Gasteiger partial charge in [0.25, 0.3) is 5.91 Å². The summed E-state index contributed by atoms with van der Waals surface area (Å²) in [6.07, 6.45) is 6.88. The van der Waals surface area contributed by atoms with Crippen LogP contribution < -0.4 is 10.2 Å². The summed E-state index contributed by atoms with van der Waals surface area (Å²) in [4.78, 5) is 27.1. The smallest absolute Gasteiger partial charge is 0.255 e. The molecule has 1 aliphatic heterocycles. The van der Waals surface area contributed by atoms with E-state index in [4.69, 9.17) is 0 Å². The number of amides is 2. The molecule has 0 unspecified atom stereocenters. The SMILES string of the molecule is C/C=C/c1ccc(C(=O)Nc2ccc3c(c2)N(C(=O)C2CC2)CC3)c(C)c1. The molecule has 2 aliphatic rings. The molecule has 0 atom stereocenters. The van der Waals surface area contributed by atoms with E-state index in [0.717, 1.165) is 48.3 Å². The fourth-order valence-electron chi connectivity index (χ4n) is 3.67. The van der Waals surface area contributed by atoms with Gasteiger partial charge in [0, 0.05) is 29.4 Å². The molecule has 4 rings (SSSR count). The van der Waals surface area contributed by atoms with Crippen molar-refractivity contribution in [3.8, 4) is 0 Å². The van der Waals surface area contributed by atoms with E-state index in [1.807, 2.05) is 67.3 Å². The Hall–Kier alpha value is -2.88. The zero-order valence-corrected chi connectivity index (χ0v) is 15.8. The Morgan fingerprint density at radius 3 is 2.67 bits per heavy atom. The van der Waals surface area contributed by atoms with Crippen molar-refractivity contribution in [2.24, 2.45) is 5.92 Å². The van der Waals surface area contributed by atoms with Gasteiger partial charge in [-0.25, -0.2) is 0 Å². The molecule has 27 heavy (non-hydrogen) atoms. The molecule has 4 nitrogen and oxygen atoms in total. The van der Waals surface area contributed by atoms with Gasteiger partial charge in [-0.3, -0.25) is 9.59 Å². The summed E-state index contributed by atoms with van der Waals surface area (Å²) in [5, 5.41) is 2.99. The zero-order chi connectivity index (χ0) is 19.0. The Bertz CT molecular complexity index is 941. The number of nitrogens with one attached hydrogen (secondary N) is 1. The average molecular weight is 360 g/mol. The highest BCUT2D eigenvalue weighted by atomic mass is 16.2. The molecular weight excluding hydrogens is 336 g/mol. The van der Waals surface area contributed by atoms with Crippen LogP contribution in [0.25, 0.3) is 6.08 Å². The van der Waals surface area contributed by atoms with Gasteiger partial charge in [-0.1, -0.05) is 30.4 Å². The van der Waals surface area contributed by atoms with E-state index in [1.165, 1.54) is 5.56 Å². The maximum Gasteiger partial charge on any atom is 0.255 e. The molecular formula is C23H24N2O2. The van der Waals surface area contributed by atoms with E-state index in [2.05, 4.69) is 5.32 Å². The van der Waals surface area contributed by atoms with Crippen molar-refractivity contribution in [2.45, 2.75) is 33.1 Å². The van der Waals surface area contributed by atoms with E-state index in [-0.39, 0.29) is 17.7 Å². The molecule has 1 N–H and O–H groups in total. The number of benzene rings is 2. The first-order valence-electron chi connectivity index (χ1n) is 9.56. The Labute approximate surface area is 159 Å². The largest absolute Gasteiger partial charge is 0.322 e. The molecule has 1 fully saturated rings. The maximum absolute atomic E-state index is 12.7. The van der Waals surface area contributed by atoms with Gasteiger partial charge >= 0.3 is 0 Å². The summed E-state index contributed by atoms with van der Waals surface area (Å²) in [5.41, 5.74) is 5.53. The molecule has 0 aromatic heterocycles. The predicted molar refractivity (Wildman–Crippen MR) is 109 cm³/mol. The molecule has 2 amide bonds. The standard InChI is InChI=1S/C23H24N2O2/c1-3-4-16-5-10-20(15(2)13-16)22(26)24-19-9-8-17-11-12-25(21(17)14-19)23(27)18-6-7-18/h3-5,8-10,13-14,18H,6-7,11-12H2,1-2H3,(H,24,26)/b4-3+. The molecule has 2 aromatic carbocycles. The molecule has 1 saturated carbocycles. The molecule has 1 heterocycles. The van der Waals surface area contributed by atoms with Crippen LogP contribution in [-0.4, -0.2) is 18.4 Å². The van der Waals surface area contributed by atoms with Gasteiger partial charge in [-0.15, -0.1) is 0 Å². The molecule has 0 bridgehead atoms. The Morgan fingerprint density at radius 2 is 1.96 bits per heavy atom. The van der Waals surface area contributed by atoms with Crippen LogP contribution in [-0.2, 0) is 11.2 Å². The van der Waals surface area contributed by atoms with Crippen molar-refractivity contribution in [3.63, 3.8) is 0 Å². The first-order chi connectivity index (χ1) is 13.1. The third kappa shape index (κ3) is 3.52. The maximum atomic E-state index is 12.7. The summed E-state index contributed by atoms with van der Waals surface area (Å²) < 4.78 is 0. The van der Waals surface area contributed by atoms with E-state index in [9.17, 15) is 9.59 Å². The van der Waals surface area contributed by atoms with Crippen LogP contribution in [0.15, 0.2) is 42.5 Å². The molecule has 4 heteroatoms. The number of fused-ring (bicyclic) bond motifs is 1. The number of anilines is 2. The van der Waals surface area contributed by atoms with E-state index < -0.39 is 0 Å². The quantitative estimate of drug-likeness (QED) is 0.868. The number of rotatable bonds is 4. The minimum Gasteiger partial charge on any atom is -0.322 e. The number of hydrogen-bond donors (Lipinski definition) is 1. The third-order valence-electron chi connectivity index (χ3n) is 5.29. The van der Waals surface area contributed by atoms with Crippen LogP contribution in [0, 0.1) is 12.8 Å². The Kier molecular flexibility index (Phi) is 4.56. The highest BCUT2D eigenvalue weighted by molar-refractivity contribution is 6.06. The number of allylic oxidation sites excluding steroid dienone is 1. The van der Waals surface area contributed by atoms with Crippen LogP contribution in [0.3, 0.4) is 0 Å². The topological polar surface area (TPSA) is 49.4 Å². The Balaban J connectivity index is 1.54. The first kappa shape index (κ1) is 17.5. The van der Waals surface area contributed by atoms with Gasteiger partial charge in [-0.05, 0) is 68.0 Å². The van der Waals surface area contributed by atoms with Crippen LogP contribution in [0.1, 0.15) is 46.8 Å². The second-order valence-corrected chi connectivity index (χ2v) is 7.39. The minimum atomic E-state index is -0.127. The number of hydrogen-bond acceptors (Lipinski definition) is 2. The van der Waals surface area contributed by atoms with Gasteiger partial charge in [0.2, 0.25) is 5.91 Å². The molecule has 2 aromatic rings. The summed E-state index contributed by atoms with van der Waals surface area (Å²) in [6.45, 7) is 4.66. The monoisotopic (exact) mass is 360 g/mol. The van der Waals surface area contributed by atoms with Gasteiger partial charge < -0.3 is 10.2 Å². The lowest BCUT2D eigenvalue weighted by Crippen LogP contribution is -2.30. The van der Waals surface area contributed by atoms with Crippen molar-refractivity contribution in [3.05, 3.63) is 64.7 Å². The molecule has 0 spiro atoms. The number of aryl methyl sites for hydroxylation is 1. The van der Waals surface area contributed by atoms with Crippen LogP contribution in [0.4, 0.5) is 11.4 Å². The number of carbonyl (C=O) groups is 2. The predicted octanol–water partition coefficient (Wildman–Crippen LogP) is 4.58. The van der Waals surface area contributed by atoms with Gasteiger partial charge in [0.15, 0.2) is 0 Å². The second-order valence-electron chi connectivity index (χ2n) is 7.39. The summed E-state index contributed by atoms with van der Waals surface area (Å²) in [6, 6.07) is 11.7. The fraction of sp³-hybridized carbons (Fsp3) is 0.304. The average Bonchev–Trinajstić information content (AvgIpc) is 3.41. The summed E-state index contributed by atoms with van der Waals surface area (Å²) >= 11 is 0. The summed E-state index contributed by atoms with van der Waals surface area (Å²) in [5.74, 6) is 0.303. The van der Waals surface area contributed by atoms with E-state index in [1.54, 1.807) is 0 Å². The van der Waals surface area contributed by atoms with Gasteiger partial charge in [-0.2, -0.15) is 0 Å². The highest BCUT2D eigenvalue weighted by Crippen LogP contribution is 2.37. The van der Waals surface area contributed by atoms with E-state index >= 15 is 0 Å². The van der Waals surface area contributed by atoms with E-state index in [0.29, 0.717) is 5.56 Å². The summed E-state index contributed by atoms with van der Waals surface area (Å²) in [7, 11) is 0. The van der Waals surface area contributed by atoms with Crippen LogP contribution >= 0.6 is 0 Å². The fourth-order valence-corrected chi connectivity index (χ4v) is 3.67. The molecule has 0 radical (unpaired) electrons. The molecule has 0 saturated heterocycles. The third-order valence-corrected chi connectivity index (χ3v) is 5.29. The van der Waals surface area contributed by atoms with Crippen molar-refractivity contribution in [1.29, 1.82) is 0 Å². The molecule has 1 aliphatic carbocycles. The number of nitrogens with zero attached hydrogens (tertiary/aromatic N) is 1. The van der Waals surface area contributed by atoms with Crippen molar-refractivity contribution in [2.75, 3.05) is 16.8 Å². The Morgan fingerprint density at radius 1 is 1.15 bits per heavy atom. The van der Waals surface area contributed by atoms with Crippen molar-refractivity contribution >= 4 is 29.3 Å².